The van der Waals surface area contributed by atoms with Crippen LogP contribution < -0.4 is 5.32 Å². The van der Waals surface area contributed by atoms with Crippen LogP contribution in [0.4, 0.5) is 0 Å². The van der Waals surface area contributed by atoms with Crippen molar-refractivity contribution in [3.63, 3.8) is 0 Å². The number of carbonyl (C=O) groups is 2. The fraction of sp³-hybridized carbons (Fsp3) is 0.529. The lowest BCUT2D eigenvalue weighted by Crippen LogP contribution is -2.42. The molecule has 1 rings (SSSR count). The minimum absolute atomic E-state index is 0.177. The number of ether oxygens (including phenoxy) is 3. The predicted molar refractivity (Wildman–Crippen MR) is 85.8 cm³/mol. The number of nitrogens with one attached hydrogen (secondary N) is 1. The van der Waals surface area contributed by atoms with Gasteiger partial charge in [-0.15, -0.1) is 0 Å². The summed E-state index contributed by atoms with van der Waals surface area (Å²) in [4.78, 5) is 23.2. The van der Waals surface area contributed by atoms with Crippen LogP contribution in [-0.4, -0.2) is 44.3 Å². The predicted octanol–water partition coefficient (Wildman–Crippen LogP) is 1.68. The minimum Gasteiger partial charge on any atom is -0.466 e. The van der Waals surface area contributed by atoms with Gasteiger partial charge in [0.2, 0.25) is 0 Å². The SMILES string of the molecule is CCOC(=O)CCN[C@H](COCc1ccccc1)C(=O)OCC. The van der Waals surface area contributed by atoms with Crippen LogP contribution in [0.1, 0.15) is 25.8 Å². The fourth-order valence-corrected chi connectivity index (χ4v) is 1.90. The normalized spacial score (nSPS) is 11.7. The molecule has 0 amide bonds. The van der Waals surface area contributed by atoms with Gasteiger partial charge >= 0.3 is 11.9 Å². The number of benzene rings is 1. The van der Waals surface area contributed by atoms with E-state index in [1.54, 1.807) is 13.8 Å². The van der Waals surface area contributed by atoms with Gasteiger partial charge in [-0.1, -0.05) is 30.3 Å². The summed E-state index contributed by atoms with van der Waals surface area (Å²) in [6.07, 6.45) is 0.197. The van der Waals surface area contributed by atoms with Gasteiger partial charge in [0.25, 0.3) is 0 Å². The number of rotatable bonds is 11. The molecular formula is C17H25NO5. The monoisotopic (exact) mass is 323 g/mol. The topological polar surface area (TPSA) is 73.9 Å². The van der Waals surface area contributed by atoms with E-state index in [1.807, 2.05) is 30.3 Å². The molecule has 1 atom stereocenters. The van der Waals surface area contributed by atoms with Gasteiger partial charge < -0.3 is 19.5 Å². The molecule has 0 aliphatic heterocycles. The first-order chi connectivity index (χ1) is 11.2. The standard InChI is InChI=1S/C17H25NO5/c1-3-22-16(19)10-11-18-15(17(20)23-4-2)13-21-12-14-8-6-5-7-9-14/h5-9,15,18H,3-4,10-13H2,1-2H3/t15-/m1/s1. The molecule has 23 heavy (non-hydrogen) atoms. The number of hydrogen-bond acceptors (Lipinski definition) is 6. The molecule has 6 heteroatoms. The number of carbonyl (C=O) groups excluding carboxylic acids is 2. The van der Waals surface area contributed by atoms with E-state index in [1.165, 1.54) is 0 Å². The highest BCUT2D eigenvalue weighted by Gasteiger charge is 2.19. The molecule has 0 aromatic heterocycles. The van der Waals surface area contributed by atoms with E-state index in [0.29, 0.717) is 26.4 Å². The summed E-state index contributed by atoms with van der Waals surface area (Å²) in [6.45, 7) is 5.07. The summed E-state index contributed by atoms with van der Waals surface area (Å²) < 4.78 is 15.4. The largest absolute Gasteiger partial charge is 0.466 e. The van der Waals surface area contributed by atoms with Crippen molar-refractivity contribution in [2.75, 3.05) is 26.4 Å². The van der Waals surface area contributed by atoms with Gasteiger partial charge in [0, 0.05) is 6.54 Å². The highest BCUT2D eigenvalue weighted by Crippen LogP contribution is 2.02. The van der Waals surface area contributed by atoms with Gasteiger partial charge in [0.1, 0.15) is 6.04 Å². The van der Waals surface area contributed by atoms with Crippen LogP contribution in [0.2, 0.25) is 0 Å². The van der Waals surface area contributed by atoms with Crippen LogP contribution in [0.3, 0.4) is 0 Å². The van der Waals surface area contributed by atoms with Gasteiger partial charge in [0.15, 0.2) is 0 Å². The Bertz CT molecular complexity index is 463. The zero-order valence-electron chi connectivity index (χ0n) is 13.7. The molecule has 6 nitrogen and oxygen atoms in total. The van der Waals surface area contributed by atoms with Gasteiger partial charge in [0.05, 0.1) is 32.8 Å². The second-order valence-corrected chi connectivity index (χ2v) is 4.81. The Morgan fingerprint density at radius 1 is 1.09 bits per heavy atom. The molecule has 0 fully saturated rings. The van der Waals surface area contributed by atoms with E-state index in [4.69, 9.17) is 14.2 Å². The average Bonchev–Trinajstić information content (AvgIpc) is 2.55. The Labute approximate surface area is 137 Å². The number of hydrogen-bond donors (Lipinski definition) is 1. The van der Waals surface area contributed by atoms with Gasteiger partial charge in [-0.2, -0.15) is 0 Å². The third kappa shape index (κ3) is 8.32. The number of esters is 2. The van der Waals surface area contributed by atoms with Crippen LogP contribution in [0.15, 0.2) is 30.3 Å². The Morgan fingerprint density at radius 2 is 1.78 bits per heavy atom. The molecule has 1 aromatic carbocycles. The van der Waals surface area contributed by atoms with Crippen LogP contribution in [-0.2, 0) is 30.4 Å². The summed E-state index contributed by atoms with van der Waals surface area (Å²) in [5, 5.41) is 2.98. The molecule has 0 heterocycles. The molecule has 1 aromatic rings. The Hall–Kier alpha value is -1.92. The second kappa shape index (κ2) is 11.6. The Balaban J connectivity index is 2.39. The third-order valence-electron chi connectivity index (χ3n) is 2.99. The van der Waals surface area contributed by atoms with Crippen molar-refractivity contribution < 1.29 is 23.8 Å². The molecular weight excluding hydrogens is 298 g/mol. The molecule has 0 spiro atoms. The lowest BCUT2D eigenvalue weighted by Gasteiger charge is -2.17. The minimum atomic E-state index is -0.604. The molecule has 0 radical (unpaired) electrons. The van der Waals surface area contributed by atoms with Crippen LogP contribution in [0.25, 0.3) is 0 Å². The van der Waals surface area contributed by atoms with Crippen LogP contribution in [0, 0.1) is 0 Å². The molecule has 0 aliphatic carbocycles. The van der Waals surface area contributed by atoms with Crippen molar-refractivity contribution in [1.29, 1.82) is 0 Å². The first-order valence-corrected chi connectivity index (χ1v) is 7.84. The average molecular weight is 323 g/mol. The molecule has 0 aliphatic rings. The zero-order chi connectivity index (χ0) is 16.9. The lowest BCUT2D eigenvalue weighted by molar-refractivity contribution is -0.148. The maximum Gasteiger partial charge on any atom is 0.325 e. The molecule has 0 saturated carbocycles. The summed E-state index contributed by atoms with van der Waals surface area (Å²) in [5.41, 5.74) is 1.03. The maximum atomic E-state index is 11.9. The van der Waals surface area contributed by atoms with E-state index in [0.717, 1.165) is 5.56 Å². The van der Waals surface area contributed by atoms with E-state index in [9.17, 15) is 9.59 Å². The summed E-state index contributed by atoms with van der Waals surface area (Å²) in [5.74, 6) is -0.683. The molecule has 0 bridgehead atoms. The quantitative estimate of drug-likeness (QED) is 0.625. The molecule has 0 saturated heterocycles. The van der Waals surface area contributed by atoms with E-state index >= 15 is 0 Å². The van der Waals surface area contributed by atoms with Gasteiger partial charge in [-0.3, -0.25) is 9.59 Å². The van der Waals surface area contributed by atoms with Crippen molar-refractivity contribution in [2.24, 2.45) is 0 Å². The van der Waals surface area contributed by atoms with Crippen LogP contribution >= 0.6 is 0 Å². The first kappa shape index (κ1) is 19.1. The van der Waals surface area contributed by atoms with Crippen molar-refractivity contribution in [3.05, 3.63) is 35.9 Å². The molecule has 1 N–H and O–H groups in total. The first-order valence-electron chi connectivity index (χ1n) is 7.84. The molecule has 0 unspecified atom stereocenters. The fourth-order valence-electron chi connectivity index (χ4n) is 1.90. The highest BCUT2D eigenvalue weighted by molar-refractivity contribution is 5.76. The van der Waals surface area contributed by atoms with Gasteiger partial charge in [-0.25, -0.2) is 0 Å². The van der Waals surface area contributed by atoms with Crippen molar-refractivity contribution in [3.8, 4) is 0 Å². The second-order valence-electron chi connectivity index (χ2n) is 4.81. The van der Waals surface area contributed by atoms with Gasteiger partial charge in [-0.05, 0) is 19.4 Å². The molecule has 128 valence electrons. The van der Waals surface area contributed by atoms with Crippen molar-refractivity contribution >= 4 is 11.9 Å². The maximum absolute atomic E-state index is 11.9. The Kier molecular flexibility index (Phi) is 9.66. The van der Waals surface area contributed by atoms with E-state index in [-0.39, 0.29) is 25.0 Å². The van der Waals surface area contributed by atoms with Crippen LogP contribution in [0.5, 0.6) is 0 Å². The van der Waals surface area contributed by atoms with E-state index < -0.39 is 6.04 Å². The van der Waals surface area contributed by atoms with Crippen molar-refractivity contribution in [1.82, 2.24) is 5.32 Å². The van der Waals surface area contributed by atoms with E-state index in [2.05, 4.69) is 5.32 Å². The smallest absolute Gasteiger partial charge is 0.325 e. The summed E-state index contributed by atoms with van der Waals surface area (Å²) in [6, 6.07) is 9.09. The van der Waals surface area contributed by atoms with Crippen molar-refractivity contribution in [2.45, 2.75) is 32.9 Å². The third-order valence-corrected chi connectivity index (χ3v) is 2.99. The highest BCUT2D eigenvalue weighted by atomic mass is 16.5. The Morgan fingerprint density at radius 3 is 2.43 bits per heavy atom. The summed E-state index contributed by atoms with van der Waals surface area (Å²) >= 11 is 0. The summed E-state index contributed by atoms with van der Waals surface area (Å²) in [7, 11) is 0. The lowest BCUT2D eigenvalue weighted by atomic mass is 10.2. The zero-order valence-corrected chi connectivity index (χ0v) is 13.7.